The summed E-state index contributed by atoms with van der Waals surface area (Å²) in [6, 6.07) is 2.53. The lowest BCUT2D eigenvalue weighted by Crippen LogP contribution is -2.26. The summed E-state index contributed by atoms with van der Waals surface area (Å²) in [5.41, 5.74) is 0. The highest BCUT2D eigenvalue weighted by Gasteiger charge is 2.23. The van der Waals surface area contributed by atoms with Crippen molar-refractivity contribution >= 4 is 15.9 Å². The van der Waals surface area contributed by atoms with E-state index in [9.17, 15) is 13.2 Å². The van der Waals surface area contributed by atoms with Gasteiger partial charge in [0.25, 0.3) is 15.9 Å². The van der Waals surface area contributed by atoms with E-state index in [-0.39, 0.29) is 17.4 Å². The molecule has 0 aromatic carbocycles. The van der Waals surface area contributed by atoms with Crippen LogP contribution in [0.3, 0.4) is 0 Å². The number of hydrogen-bond acceptors (Lipinski definition) is 5. The Balaban J connectivity index is 2.72. The SMILES string of the molecule is CC(O)CCNC(=O)c1ccc(S(=O)(=O)N(C)C)o1. The Morgan fingerprint density at radius 2 is 2.11 bits per heavy atom. The van der Waals surface area contributed by atoms with Gasteiger partial charge in [0.15, 0.2) is 5.76 Å². The standard InChI is InChI=1S/C11H18N2O5S/c1-8(14)6-7-12-11(15)9-4-5-10(18-9)19(16,17)13(2)3/h4-5,8,14H,6-7H2,1-3H3,(H,12,15). The van der Waals surface area contributed by atoms with Gasteiger partial charge in [-0.2, -0.15) is 0 Å². The molecule has 1 rings (SSSR count). The molecular weight excluding hydrogens is 272 g/mol. The van der Waals surface area contributed by atoms with Crippen LogP contribution in [0.5, 0.6) is 0 Å². The van der Waals surface area contributed by atoms with E-state index in [2.05, 4.69) is 5.32 Å². The molecule has 1 atom stereocenters. The van der Waals surface area contributed by atoms with Gasteiger partial charge < -0.3 is 14.8 Å². The van der Waals surface area contributed by atoms with Crippen LogP contribution in [0.15, 0.2) is 21.6 Å². The molecule has 0 aliphatic heterocycles. The molecule has 0 spiro atoms. The first-order chi connectivity index (χ1) is 8.75. The van der Waals surface area contributed by atoms with Crippen LogP contribution in [0.1, 0.15) is 23.9 Å². The summed E-state index contributed by atoms with van der Waals surface area (Å²) in [6.07, 6.45) is -0.100. The smallest absolute Gasteiger partial charge is 0.287 e. The molecular formula is C11H18N2O5S. The van der Waals surface area contributed by atoms with Crippen LogP contribution in [-0.2, 0) is 10.0 Å². The molecule has 0 saturated heterocycles. The largest absolute Gasteiger partial charge is 0.438 e. The van der Waals surface area contributed by atoms with E-state index in [0.29, 0.717) is 6.42 Å². The lowest BCUT2D eigenvalue weighted by Gasteiger charge is -2.08. The van der Waals surface area contributed by atoms with Gasteiger partial charge >= 0.3 is 0 Å². The van der Waals surface area contributed by atoms with Gasteiger partial charge in [0.1, 0.15) is 0 Å². The lowest BCUT2D eigenvalue weighted by atomic mass is 10.3. The number of rotatable bonds is 6. The van der Waals surface area contributed by atoms with Crippen LogP contribution in [0, 0.1) is 0 Å². The first kappa shape index (κ1) is 15.7. The Morgan fingerprint density at radius 3 is 2.63 bits per heavy atom. The van der Waals surface area contributed by atoms with E-state index in [1.807, 2.05) is 0 Å². The molecule has 0 fully saturated rings. The third kappa shape index (κ3) is 4.05. The fourth-order valence-corrected chi connectivity index (χ4v) is 2.04. The summed E-state index contributed by atoms with van der Waals surface area (Å²) >= 11 is 0. The van der Waals surface area contributed by atoms with Gasteiger partial charge in [0, 0.05) is 20.6 Å². The van der Waals surface area contributed by atoms with Crippen molar-refractivity contribution in [2.75, 3.05) is 20.6 Å². The van der Waals surface area contributed by atoms with Gasteiger partial charge in [-0.3, -0.25) is 4.79 Å². The normalized spacial score (nSPS) is 13.5. The number of sulfonamides is 1. The number of furan rings is 1. The maximum absolute atomic E-state index is 11.7. The van der Waals surface area contributed by atoms with Crippen molar-refractivity contribution in [2.24, 2.45) is 0 Å². The average Bonchev–Trinajstić information content (AvgIpc) is 2.77. The third-order valence-corrected chi connectivity index (χ3v) is 4.08. The van der Waals surface area contributed by atoms with Gasteiger partial charge in [-0.05, 0) is 25.5 Å². The number of aliphatic hydroxyl groups is 1. The van der Waals surface area contributed by atoms with Gasteiger partial charge in [0.2, 0.25) is 5.09 Å². The summed E-state index contributed by atoms with van der Waals surface area (Å²) in [5, 5.41) is 11.3. The van der Waals surface area contributed by atoms with E-state index in [4.69, 9.17) is 9.52 Å². The molecule has 1 amide bonds. The van der Waals surface area contributed by atoms with Crippen LogP contribution in [0.2, 0.25) is 0 Å². The minimum Gasteiger partial charge on any atom is -0.438 e. The molecule has 2 N–H and O–H groups in total. The number of carbonyl (C=O) groups is 1. The summed E-state index contributed by atoms with van der Waals surface area (Å²) in [7, 11) is -0.926. The quantitative estimate of drug-likeness (QED) is 0.770. The number of amides is 1. The molecule has 8 heteroatoms. The topological polar surface area (TPSA) is 99.8 Å². The molecule has 19 heavy (non-hydrogen) atoms. The van der Waals surface area contributed by atoms with E-state index in [1.54, 1.807) is 6.92 Å². The highest BCUT2D eigenvalue weighted by molar-refractivity contribution is 7.88. The van der Waals surface area contributed by atoms with Crippen LogP contribution in [-0.4, -0.2) is 50.5 Å². The summed E-state index contributed by atoms with van der Waals surface area (Å²) in [6.45, 7) is 1.90. The third-order valence-electron chi connectivity index (χ3n) is 2.39. The Morgan fingerprint density at radius 1 is 1.47 bits per heavy atom. The number of hydrogen-bond donors (Lipinski definition) is 2. The number of nitrogens with one attached hydrogen (secondary N) is 1. The zero-order valence-corrected chi connectivity index (χ0v) is 11.9. The number of carbonyl (C=O) groups excluding carboxylic acids is 1. The fraction of sp³-hybridized carbons (Fsp3) is 0.545. The first-order valence-electron chi connectivity index (χ1n) is 5.73. The van der Waals surface area contributed by atoms with Crippen LogP contribution >= 0.6 is 0 Å². The fourth-order valence-electron chi connectivity index (χ4n) is 1.24. The predicted octanol–water partition coefficient (Wildman–Crippen LogP) is 0.0306. The second-order valence-electron chi connectivity index (χ2n) is 4.30. The second kappa shape index (κ2) is 6.18. The highest BCUT2D eigenvalue weighted by Crippen LogP contribution is 2.16. The summed E-state index contributed by atoms with van der Waals surface area (Å²) in [5.74, 6) is -0.591. The molecule has 108 valence electrons. The Hall–Kier alpha value is -1.38. The van der Waals surface area contributed by atoms with E-state index in [1.165, 1.54) is 26.2 Å². The van der Waals surface area contributed by atoms with Crippen molar-refractivity contribution in [1.29, 1.82) is 0 Å². The number of aliphatic hydroxyl groups excluding tert-OH is 1. The number of nitrogens with zero attached hydrogens (tertiary/aromatic N) is 1. The molecule has 1 heterocycles. The molecule has 0 saturated carbocycles. The van der Waals surface area contributed by atoms with Gasteiger partial charge in [0.05, 0.1) is 6.10 Å². The van der Waals surface area contributed by atoms with Crippen LogP contribution in [0.4, 0.5) is 0 Å². The Labute approximate surface area is 112 Å². The molecule has 1 aromatic rings. The van der Waals surface area contributed by atoms with Gasteiger partial charge in [-0.1, -0.05) is 0 Å². The molecule has 0 bridgehead atoms. The second-order valence-corrected chi connectivity index (χ2v) is 6.38. The highest BCUT2D eigenvalue weighted by atomic mass is 32.2. The van der Waals surface area contributed by atoms with Crippen LogP contribution in [0.25, 0.3) is 0 Å². The minimum atomic E-state index is -3.68. The van der Waals surface area contributed by atoms with Crippen molar-refractivity contribution in [3.05, 3.63) is 17.9 Å². The zero-order chi connectivity index (χ0) is 14.6. The van der Waals surface area contributed by atoms with Crippen molar-refractivity contribution in [2.45, 2.75) is 24.5 Å². The Kier molecular flexibility index (Phi) is 5.10. The molecule has 0 aliphatic rings. The van der Waals surface area contributed by atoms with Crippen molar-refractivity contribution < 1.29 is 22.7 Å². The van der Waals surface area contributed by atoms with Crippen molar-refractivity contribution in [3.8, 4) is 0 Å². The van der Waals surface area contributed by atoms with E-state index >= 15 is 0 Å². The van der Waals surface area contributed by atoms with E-state index < -0.39 is 22.0 Å². The average molecular weight is 290 g/mol. The predicted molar refractivity (Wildman–Crippen MR) is 68.2 cm³/mol. The first-order valence-corrected chi connectivity index (χ1v) is 7.17. The van der Waals surface area contributed by atoms with Gasteiger partial charge in [-0.25, -0.2) is 12.7 Å². The Bertz CT molecular complexity index is 533. The molecule has 1 aromatic heterocycles. The summed E-state index contributed by atoms with van der Waals surface area (Å²) in [4.78, 5) is 11.6. The lowest BCUT2D eigenvalue weighted by molar-refractivity contribution is 0.0912. The van der Waals surface area contributed by atoms with Crippen molar-refractivity contribution in [1.82, 2.24) is 9.62 Å². The minimum absolute atomic E-state index is 0.0778. The molecule has 0 radical (unpaired) electrons. The van der Waals surface area contributed by atoms with Crippen molar-refractivity contribution in [3.63, 3.8) is 0 Å². The molecule has 1 unspecified atom stereocenters. The molecule has 7 nitrogen and oxygen atoms in total. The summed E-state index contributed by atoms with van der Waals surface area (Å²) < 4.78 is 29.5. The maximum atomic E-state index is 11.7. The van der Waals surface area contributed by atoms with Crippen LogP contribution < -0.4 is 5.32 Å². The maximum Gasteiger partial charge on any atom is 0.287 e. The monoisotopic (exact) mass is 290 g/mol. The van der Waals surface area contributed by atoms with Gasteiger partial charge in [-0.15, -0.1) is 0 Å². The zero-order valence-electron chi connectivity index (χ0n) is 11.1. The van der Waals surface area contributed by atoms with E-state index in [0.717, 1.165) is 4.31 Å². The molecule has 0 aliphatic carbocycles.